The quantitative estimate of drug-likeness (QED) is 0.750. The number of carbonyl (C=O) groups excluding carboxylic acids is 1. The van der Waals surface area contributed by atoms with Crippen LogP contribution in [0.5, 0.6) is 0 Å². The first-order chi connectivity index (χ1) is 12.4. The summed E-state index contributed by atoms with van der Waals surface area (Å²) < 4.78 is 0. The lowest BCUT2D eigenvalue weighted by Gasteiger charge is -2.19. The fourth-order valence-corrected chi connectivity index (χ4v) is 3.07. The number of carboxylic acids is 1. The Kier molecular flexibility index (Phi) is 5.23. The lowest BCUT2D eigenvalue weighted by Crippen LogP contribution is -2.42. The third kappa shape index (κ3) is 4.03. The Balaban J connectivity index is 1.84. The minimum Gasteiger partial charge on any atom is -0.480 e. The molecule has 26 heavy (non-hydrogen) atoms. The first kappa shape index (κ1) is 17.9. The number of pyridine rings is 1. The number of aryl methyl sites for hydroxylation is 1. The molecular formula is C19H17ClN2O4. The highest BCUT2D eigenvalue weighted by molar-refractivity contribution is 6.30. The van der Waals surface area contributed by atoms with Crippen molar-refractivity contribution in [3.63, 3.8) is 0 Å². The van der Waals surface area contributed by atoms with Crippen LogP contribution < -0.4 is 10.9 Å². The van der Waals surface area contributed by atoms with Gasteiger partial charge in [0, 0.05) is 28.8 Å². The zero-order valence-corrected chi connectivity index (χ0v) is 14.5. The van der Waals surface area contributed by atoms with Gasteiger partial charge in [-0.25, -0.2) is 4.79 Å². The second kappa shape index (κ2) is 7.58. The van der Waals surface area contributed by atoms with Crippen molar-refractivity contribution < 1.29 is 14.7 Å². The van der Waals surface area contributed by atoms with E-state index in [4.69, 9.17) is 11.6 Å². The maximum atomic E-state index is 12.3. The Hall–Kier alpha value is -2.86. The highest BCUT2D eigenvalue weighted by Gasteiger charge is 2.23. The van der Waals surface area contributed by atoms with Crippen LogP contribution in [0.2, 0.25) is 5.02 Å². The van der Waals surface area contributed by atoms with E-state index in [2.05, 4.69) is 10.3 Å². The van der Waals surface area contributed by atoms with Crippen molar-refractivity contribution >= 4 is 29.6 Å². The van der Waals surface area contributed by atoms with E-state index in [0.717, 1.165) is 17.7 Å². The maximum Gasteiger partial charge on any atom is 0.326 e. The fraction of sp³-hybridized carbons (Fsp3) is 0.211. The molecule has 0 aliphatic heterocycles. The number of nitrogens with one attached hydrogen (secondary N) is 2. The first-order valence-corrected chi connectivity index (χ1v) is 8.52. The van der Waals surface area contributed by atoms with Gasteiger partial charge in [-0.2, -0.15) is 0 Å². The van der Waals surface area contributed by atoms with Crippen molar-refractivity contribution in [2.24, 2.45) is 0 Å². The van der Waals surface area contributed by atoms with Crippen molar-refractivity contribution in [1.29, 1.82) is 0 Å². The molecule has 0 saturated carbocycles. The molecule has 0 fully saturated rings. The molecule has 3 N–H and O–H groups in total. The number of carbonyl (C=O) groups is 2. The van der Waals surface area contributed by atoms with Gasteiger partial charge in [0.1, 0.15) is 6.04 Å². The molecule has 1 atom stereocenters. The summed E-state index contributed by atoms with van der Waals surface area (Å²) in [6.07, 6.45) is 5.40. The van der Waals surface area contributed by atoms with E-state index in [-0.39, 0.29) is 12.0 Å². The maximum absolute atomic E-state index is 12.3. The topological polar surface area (TPSA) is 99.3 Å². The number of aromatic nitrogens is 1. The van der Waals surface area contributed by atoms with Gasteiger partial charge in [0.15, 0.2) is 0 Å². The number of H-pyrrole nitrogens is 1. The van der Waals surface area contributed by atoms with E-state index in [0.29, 0.717) is 22.6 Å². The minimum atomic E-state index is -1.17. The van der Waals surface area contributed by atoms with Crippen LogP contribution in [-0.2, 0) is 17.6 Å². The van der Waals surface area contributed by atoms with Gasteiger partial charge >= 0.3 is 5.97 Å². The molecule has 0 spiro atoms. The van der Waals surface area contributed by atoms with E-state index in [1.165, 1.54) is 18.2 Å². The van der Waals surface area contributed by atoms with Gasteiger partial charge in [-0.1, -0.05) is 23.8 Å². The normalized spacial score (nSPS) is 13.7. The average molecular weight is 373 g/mol. The molecular weight excluding hydrogens is 356 g/mol. The van der Waals surface area contributed by atoms with Gasteiger partial charge < -0.3 is 15.4 Å². The van der Waals surface area contributed by atoms with Gasteiger partial charge in [-0.15, -0.1) is 0 Å². The number of hydrogen-bond donors (Lipinski definition) is 3. The Morgan fingerprint density at radius 2 is 2.00 bits per heavy atom. The van der Waals surface area contributed by atoms with Crippen LogP contribution in [0.4, 0.5) is 0 Å². The number of allylic oxidation sites excluding steroid dienone is 1. The van der Waals surface area contributed by atoms with Crippen LogP contribution in [-0.4, -0.2) is 28.0 Å². The van der Waals surface area contributed by atoms with Gasteiger partial charge in [0.05, 0.1) is 0 Å². The first-order valence-electron chi connectivity index (χ1n) is 8.15. The summed E-state index contributed by atoms with van der Waals surface area (Å²) in [7, 11) is 0. The standard InChI is InChI=1S/C19H17ClN2O4/c20-13-7-5-11(6-8-13)18(24)22-16(19(25)26)9-12-10-17(23)21-15-4-2-1-3-14(12)15/h1,3,5-8,10,16H,2,4,9H2,(H,21,23)(H,22,24)(H,25,26). The number of halogens is 1. The number of rotatable bonds is 5. The Morgan fingerprint density at radius 1 is 1.27 bits per heavy atom. The van der Waals surface area contributed by atoms with Gasteiger partial charge in [-0.3, -0.25) is 9.59 Å². The highest BCUT2D eigenvalue weighted by atomic mass is 35.5. The molecule has 0 bridgehead atoms. The molecule has 0 radical (unpaired) electrons. The number of aliphatic carboxylic acids is 1. The summed E-state index contributed by atoms with van der Waals surface area (Å²) in [5.74, 6) is -1.68. The molecule has 1 aromatic carbocycles. The van der Waals surface area contributed by atoms with Crippen molar-refractivity contribution in [3.05, 3.63) is 74.2 Å². The van der Waals surface area contributed by atoms with Crippen molar-refractivity contribution in [3.8, 4) is 0 Å². The summed E-state index contributed by atoms with van der Waals surface area (Å²) in [5, 5.41) is 12.5. The summed E-state index contributed by atoms with van der Waals surface area (Å²) in [6.45, 7) is 0. The summed E-state index contributed by atoms with van der Waals surface area (Å²) >= 11 is 5.80. The molecule has 1 aromatic heterocycles. The molecule has 7 heteroatoms. The molecule has 3 rings (SSSR count). The van der Waals surface area contributed by atoms with Gasteiger partial charge in [0.25, 0.3) is 5.91 Å². The lowest BCUT2D eigenvalue weighted by atomic mass is 9.94. The molecule has 1 heterocycles. The van der Waals surface area contributed by atoms with Gasteiger partial charge in [0.2, 0.25) is 5.56 Å². The Labute approximate surface area is 154 Å². The number of hydrogen-bond acceptors (Lipinski definition) is 3. The zero-order valence-electron chi connectivity index (χ0n) is 13.8. The van der Waals surface area contributed by atoms with E-state index < -0.39 is 17.9 Å². The number of fused-ring (bicyclic) bond motifs is 1. The molecule has 134 valence electrons. The molecule has 1 unspecified atom stereocenters. The molecule has 1 aliphatic rings. The molecule has 1 aliphatic carbocycles. The fourth-order valence-electron chi connectivity index (χ4n) is 2.95. The number of amides is 1. The summed E-state index contributed by atoms with van der Waals surface area (Å²) in [4.78, 5) is 38.6. The largest absolute Gasteiger partial charge is 0.480 e. The monoisotopic (exact) mass is 372 g/mol. The smallest absolute Gasteiger partial charge is 0.326 e. The third-order valence-corrected chi connectivity index (χ3v) is 4.48. The van der Waals surface area contributed by atoms with Gasteiger partial charge in [-0.05, 0) is 48.2 Å². The highest BCUT2D eigenvalue weighted by Crippen LogP contribution is 2.21. The third-order valence-electron chi connectivity index (χ3n) is 4.23. The SMILES string of the molecule is O=C(NC(Cc1cc(=O)[nH]c2c1C=CCC2)C(=O)O)c1ccc(Cl)cc1. The van der Waals surface area contributed by atoms with Crippen LogP contribution in [0.3, 0.4) is 0 Å². The predicted molar refractivity (Wildman–Crippen MR) is 98.5 cm³/mol. The van der Waals surface area contributed by atoms with Crippen LogP contribution in [0, 0.1) is 0 Å². The van der Waals surface area contributed by atoms with E-state index >= 15 is 0 Å². The van der Waals surface area contributed by atoms with Crippen molar-refractivity contribution in [1.82, 2.24) is 10.3 Å². The summed E-state index contributed by atoms with van der Waals surface area (Å²) in [5.41, 5.74) is 2.25. The van der Waals surface area contributed by atoms with E-state index in [9.17, 15) is 19.5 Å². The Bertz CT molecular complexity index is 932. The van der Waals surface area contributed by atoms with Crippen molar-refractivity contribution in [2.45, 2.75) is 25.3 Å². The van der Waals surface area contributed by atoms with Crippen LogP contribution in [0.15, 0.2) is 41.2 Å². The van der Waals surface area contributed by atoms with E-state index in [1.54, 1.807) is 12.1 Å². The Morgan fingerprint density at radius 3 is 2.69 bits per heavy atom. The average Bonchev–Trinajstić information content (AvgIpc) is 2.61. The lowest BCUT2D eigenvalue weighted by molar-refractivity contribution is -0.139. The predicted octanol–water partition coefficient (Wildman–Crippen LogP) is 2.41. The number of aromatic amines is 1. The summed E-state index contributed by atoms with van der Waals surface area (Å²) in [6, 6.07) is 6.40. The minimum absolute atomic E-state index is 0.0191. The molecule has 1 amide bonds. The zero-order chi connectivity index (χ0) is 18.7. The van der Waals surface area contributed by atoms with E-state index in [1.807, 2.05) is 12.2 Å². The second-order valence-corrected chi connectivity index (χ2v) is 6.50. The molecule has 6 nitrogen and oxygen atoms in total. The van der Waals surface area contributed by atoms with Crippen LogP contribution in [0.25, 0.3) is 6.08 Å². The number of carboxylic acid groups (broad SMARTS) is 1. The number of benzene rings is 1. The second-order valence-electron chi connectivity index (χ2n) is 6.07. The van der Waals surface area contributed by atoms with Crippen LogP contribution >= 0.6 is 11.6 Å². The van der Waals surface area contributed by atoms with Crippen molar-refractivity contribution in [2.75, 3.05) is 0 Å². The molecule has 2 aromatic rings. The van der Waals surface area contributed by atoms with Crippen LogP contribution in [0.1, 0.15) is 33.6 Å². The molecule has 0 saturated heterocycles.